The van der Waals surface area contributed by atoms with Crippen molar-refractivity contribution in [1.29, 1.82) is 0 Å². The summed E-state index contributed by atoms with van der Waals surface area (Å²) >= 11 is 6.05. The number of carbonyl (C=O) groups is 3. The van der Waals surface area contributed by atoms with Crippen LogP contribution in [-0.2, 0) is 19.1 Å². The fourth-order valence-electron chi connectivity index (χ4n) is 7.77. The largest absolute Gasteiger partial charge is 0.450 e. The number of alkyl halides is 2. The third kappa shape index (κ3) is 2.95. The molecule has 182 valence electrons. The fraction of sp³-hybridized carbons (Fsp3) is 0.731. The van der Waals surface area contributed by atoms with Gasteiger partial charge in [0.2, 0.25) is 0 Å². The molecule has 4 rings (SSSR count). The molecule has 0 saturated heterocycles. The van der Waals surface area contributed by atoms with Crippen molar-refractivity contribution in [1.82, 2.24) is 0 Å². The number of esters is 1. The molecule has 0 aromatic carbocycles. The van der Waals surface area contributed by atoms with E-state index in [1.807, 2.05) is 13.8 Å². The summed E-state index contributed by atoms with van der Waals surface area (Å²) < 4.78 is 23.3. The van der Waals surface area contributed by atoms with Crippen molar-refractivity contribution in [3.05, 3.63) is 23.8 Å². The summed E-state index contributed by atoms with van der Waals surface area (Å²) in [5.74, 6) is -3.04. The molecule has 8 atom stereocenters. The summed E-state index contributed by atoms with van der Waals surface area (Å²) in [7, 11) is 0. The number of halogens is 2. The number of ether oxygens (including phenoxy) is 1. The first-order chi connectivity index (χ1) is 15.3. The van der Waals surface area contributed by atoms with Gasteiger partial charge in [0.15, 0.2) is 22.8 Å². The van der Waals surface area contributed by atoms with Crippen LogP contribution in [-0.4, -0.2) is 45.9 Å². The Morgan fingerprint density at radius 1 is 1.30 bits per heavy atom. The maximum Gasteiger partial charge on any atom is 0.309 e. The SMILES string of the molecule is CC(C)C(=O)O[C@]1(C(=O)CCl)C(C)C[C@H]2[C@@H]3CCC4=CC(=O)C=C[C@]4(C)[C@@]3(F)C(O)C[C@@]21C. The molecule has 5 nitrogen and oxygen atoms in total. The topological polar surface area (TPSA) is 80.7 Å². The third-order valence-corrected chi connectivity index (χ3v) is 9.69. The average Bonchev–Trinajstić information content (AvgIpc) is 2.96. The highest BCUT2D eigenvalue weighted by Crippen LogP contribution is 2.71. The Hall–Kier alpha value is -1.53. The maximum absolute atomic E-state index is 17.2. The van der Waals surface area contributed by atoms with E-state index in [0.717, 1.165) is 0 Å². The van der Waals surface area contributed by atoms with Crippen molar-refractivity contribution in [2.45, 2.75) is 77.7 Å². The normalized spacial score (nSPS) is 46.3. The summed E-state index contributed by atoms with van der Waals surface area (Å²) in [6.07, 6.45) is 4.54. The molecule has 1 N–H and O–H groups in total. The molecule has 0 spiro atoms. The van der Waals surface area contributed by atoms with Crippen LogP contribution < -0.4 is 0 Å². The molecule has 0 aliphatic heterocycles. The molecule has 3 saturated carbocycles. The molecule has 0 aromatic rings. The molecule has 7 heteroatoms. The number of fused-ring (bicyclic) bond motifs is 5. The second-order valence-electron chi connectivity index (χ2n) is 11.3. The van der Waals surface area contributed by atoms with Crippen LogP contribution in [0.1, 0.15) is 60.3 Å². The van der Waals surface area contributed by atoms with Gasteiger partial charge in [-0.15, -0.1) is 11.6 Å². The zero-order valence-corrected chi connectivity index (χ0v) is 20.7. The quantitative estimate of drug-likeness (QED) is 0.478. The first-order valence-electron chi connectivity index (χ1n) is 11.9. The molecule has 0 bridgehead atoms. The van der Waals surface area contributed by atoms with E-state index in [0.29, 0.717) is 24.8 Å². The minimum atomic E-state index is -2.00. The highest BCUT2D eigenvalue weighted by atomic mass is 35.5. The van der Waals surface area contributed by atoms with Crippen LogP contribution in [0, 0.1) is 34.5 Å². The van der Waals surface area contributed by atoms with Gasteiger partial charge in [-0.05, 0) is 50.7 Å². The summed E-state index contributed by atoms with van der Waals surface area (Å²) in [6.45, 7) is 8.89. The lowest BCUT2D eigenvalue weighted by molar-refractivity contribution is -0.228. The van der Waals surface area contributed by atoms with E-state index < -0.39 is 46.0 Å². The predicted octanol–water partition coefficient (Wildman–Crippen LogP) is 4.35. The highest BCUT2D eigenvalue weighted by molar-refractivity contribution is 6.29. The van der Waals surface area contributed by atoms with Crippen molar-refractivity contribution in [2.24, 2.45) is 34.5 Å². The van der Waals surface area contributed by atoms with E-state index in [4.69, 9.17) is 16.3 Å². The number of Topliss-reactive ketones (excluding diaryl/α,β-unsaturated/α-hetero) is 1. The van der Waals surface area contributed by atoms with E-state index in [1.54, 1.807) is 26.8 Å². The van der Waals surface area contributed by atoms with Gasteiger partial charge in [-0.3, -0.25) is 14.4 Å². The predicted molar refractivity (Wildman–Crippen MR) is 122 cm³/mol. The maximum atomic E-state index is 17.2. The number of rotatable bonds is 4. The van der Waals surface area contributed by atoms with Crippen LogP contribution >= 0.6 is 11.6 Å². The van der Waals surface area contributed by atoms with E-state index in [2.05, 4.69) is 0 Å². The van der Waals surface area contributed by atoms with Gasteiger partial charge in [0.1, 0.15) is 0 Å². The van der Waals surface area contributed by atoms with Crippen LogP contribution in [0.3, 0.4) is 0 Å². The lowest BCUT2D eigenvalue weighted by Crippen LogP contribution is -2.70. The number of hydrogen-bond donors (Lipinski definition) is 1. The van der Waals surface area contributed by atoms with E-state index in [-0.39, 0.29) is 35.7 Å². The molecular formula is C26H34ClFO5. The molecule has 3 fully saturated rings. The van der Waals surface area contributed by atoms with Crippen LogP contribution in [0.2, 0.25) is 0 Å². The van der Waals surface area contributed by atoms with Crippen LogP contribution in [0.4, 0.5) is 4.39 Å². The first kappa shape index (κ1) is 24.6. The lowest BCUT2D eigenvalue weighted by atomic mass is 9.44. The van der Waals surface area contributed by atoms with Crippen LogP contribution in [0.15, 0.2) is 23.8 Å². The summed E-state index contributed by atoms with van der Waals surface area (Å²) in [5, 5.41) is 11.5. The molecule has 0 aromatic heterocycles. The van der Waals surface area contributed by atoms with E-state index in [1.165, 1.54) is 12.2 Å². The Bertz CT molecular complexity index is 958. The molecule has 2 unspecified atom stereocenters. The van der Waals surface area contributed by atoms with Crippen molar-refractivity contribution >= 4 is 29.1 Å². The van der Waals surface area contributed by atoms with Crippen molar-refractivity contribution < 1.29 is 28.6 Å². The van der Waals surface area contributed by atoms with Crippen LogP contribution in [0.25, 0.3) is 0 Å². The Balaban J connectivity index is 1.85. The number of allylic oxidation sites excluding steroid dienone is 4. The first-order valence-corrected chi connectivity index (χ1v) is 12.5. The standard InChI is InChI=1S/C26H34ClFO5/c1-14(2)22(32)33-26(21(31)13-27)15(3)10-19-18-7-6-16-11-17(29)8-9-23(16,4)25(18,28)20(30)12-24(19,26)5/h8-9,11,14-15,18-20,30H,6-7,10,12-13H2,1-5H3/t15?,18-,19-,20?,23-,24-,25-,26-/m0/s1. The Labute approximate surface area is 199 Å². The Morgan fingerprint density at radius 3 is 2.58 bits per heavy atom. The molecule has 0 amide bonds. The second-order valence-corrected chi connectivity index (χ2v) is 11.5. The van der Waals surface area contributed by atoms with Gasteiger partial charge in [-0.2, -0.15) is 0 Å². The van der Waals surface area contributed by atoms with Gasteiger partial charge in [0, 0.05) is 22.7 Å². The third-order valence-electron chi connectivity index (χ3n) is 9.45. The van der Waals surface area contributed by atoms with Gasteiger partial charge in [-0.25, -0.2) is 4.39 Å². The van der Waals surface area contributed by atoms with Gasteiger partial charge < -0.3 is 9.84 Å². The van der Waals surface area contributed by atoms with Gasteiger partial charge >= 0.3 is 5.97 Å². The highest BCUT2D eigenvalue weighted by Gasteiger charge is 2.77. The zero-order chi connectivity index (χ0) is 24.6. The summed E-state index contributed by atoms with van der Waals surface area (Å²) in [6, 6.07) is 0. The average molecular weight is 481 g/mol. The fourth-order valence-corrected chi connectivity index (χ4v) is 7.97. The van der Waals surface area contributed by atoms with Gasteiger partial charge in [0.25, 0.3) is 0 Å². The minimum Gasteiger partial charge on any atom is -0.450 e. The summed E-state index contributed by atoms with van der Waals surface area (Å²) in [4.78, 5) is 38.2. The monoisotopic (exact) mass is 480 g/mol. The molecule has 4 aliphatic rings. The molecule has 33 heavy (non-hydrogen) atoms. The number of hydrogen-bond acceptors (Lipinski definition) is 5. The molecule has 4 aliphatic carbocycles. The molecule has 0 heterocycles. The number of aliphatic hydroxyl groups is 1. The number of ketones is 2. The van der Waals surface area contributed by atoms with Gasteiger partial charge in [-0.1, -0.05) is 39.3 Å². The smallest absolute Gasteiger partial charge is 0.309 e. The van der Waals surface area contributed by atoms with Crippen LogP contribution in [0.5, 0.6) is 0 Å². The van der Waals surface area contributed by atoms with Crippen molar-refractivity contribution in [3.8, 4) is 0 Å². The van der Waals surface area contributed by atoms with Crippen molar-refractivity contribution in [2.75, 3.05) is 5.88 Å². The second kappa shape index (κ2) is 7.74. The van der Waals surface area contributed by atoms with E-state index in [9.17, 15) is 19.5 Å². The van der Waals surface area contributed by atoms with E-state index >= 15 is 4.39 Å². The summed E-state index contributed by atoms with van der Waals surface area (Å²) in [5.41, 5.74) is -4.88. The number of carbonyl (C=O) groups excluding carboxylic acids is 3. The minimum absolute atomic E-state index is 0.0341. The zero-order valence-electron chi connectivity index (χ0n) is 20.0. The Morgan fingerprint density at radius 2 is 1.97 bits per heavy atom. The molecule has 0 radical (unpaired) electrons. The van der Waals surface area contributed by atoms with Crippen molar-refractivity contribution in [3.63, 3.8) is 0 Å². The lowest BCUT2D eigenvalue weighted by Gasteiger charge is -2.62. The number of aliphatic hydroxyl groups excluding tert-OH is 1. The van der Waals surface area contributed by atoms with Gasteiger partial charge in [0.05, 0.1) is 17.9 Å². The Kier molecular flexibility index (Phi) is 5.77. The molecular weight excluding hydrogens is 447 g/mol.